The SMILES string of the molecule is Nc1ccc(NS(=O)(=O)c2cn[nH]c2)cc1F. The van der Waals surface area contributed by atoms with E-state index in [9.17, 15) is 12.8 Å². The fourth-order valence-corrected chi connectivity index (χ4v) is 2.15. The van der Waals surface area contributed by atoms with Crippen LogP contribution in [0.25, 0.3) is 0 Å². The summed E-state index contributed by atoms with van der Waals surface area (Å²) in [5.74, 6) is -0.683. The molecule has 0 aliphatic carbocycles. The van der Waals surface area contributed by atoms with E-state index in [1.165, 1.54) is 18.3 Å². The minimum absolute atomic E-state index is 0.0327. The Kier molecular flexibility index (Phi) is 2.72. The molecule has 8 heteroatoms. The Balaban J connectivity index is 2.30. The van der Waals surface area contributed by atoms with Crippen LogP contribution in [0.15, 0.2) is 35.5 Å². The zero-order valence-electron chi connectivity index (χ0n) is 8.51. The van der Waals surface area contributed by atoms with Crippen LogP contribution in [0.1, 0.15) is 0 Å². The predicted octanol–water partition coefficient (Wildman–Crippen LogP) is 0.932. The van der Waals surface area contributed by atoms with Gasteiger partial charge >= 0.3 is 0 Å². The van der Waals surface area contributed by atoms with Crippen molar-refractivity contribution >= 4 is 21.4 Å². The number of halogens is 1. The molecule has 0 radical (unpaired) electrons. The van der Waals surface area contributed by atoms with E-state index >= 15 is 0 Å². The third-order valence-corrected chi connectivity index (χ3v) is 3.38. The first-order chi connectivity index (χ1) is 7.99. The minimum Gasteiger partial charge on any atom is -0.396 e. The van der Waals surface area contributed by atoms with Gasteiger partial charge in [0, 0.05) is 12.3 Å². The fourth-order valence-electron chi connectivity index (χ4n) is 1.19. The molecule has 6 nitrogen and oxygen atoms in total. The van der Waals surface area contributed by atoms with Gasteiger partial charge in [0.2, 0.25) is 0 Å². The molecule has 0 bridgehead atoms. The second-order valence-corrected chi connectivity index (χ2v) is 4.96. The first-order valence-corrected chi connectivity index (χ1v) is 6.04. The third kappa shape index (κ3) is 2.36. The van der Waals surface area contributed by atoms with Crippen molar-refractivity contribution in [2.24, 2.45) is 0 Å². The summed E-state index contributed by atoms with van der Waals surface area (Å²) in [5.41, 5.74) is 5.33. The maximum absolute atomic E-state index is 13.1. The molecule has 0 saturated carbocycles. The monoisotopic (exact) mass is 256 g/mol. The molecule has 0 unspecified atom stereocenters. The molecule has 2 rings (SSSR count). The van der Waals surface area contributed by atoms with Crippen LogP contribution in [0, 0.1) is 5.82 Å². The number of aromatic amines is 1. The normalized spacial score (nSPS) is 11.4. The Bertz CT molecular complexity index is 624. The van der Waals surface area contributed by atoms with Crippen LogP contribution in [0.3, 0.4) is 0 Å². The molecule has 1 aromatic carbocycles. The zero-order chi connectivity index (χ0) is 12.5. The van der Waals surface area contributed by atoms with Crippen molar-refractivity contribution < 1.29 is 12.8 Å². The van der Waals surface area contributed by atoms with Gasteiger partial charge in [-0.2, -0.15) is 5.10 Å². The van der Waals surface area contributed by atoms with Crippen LogP contribution < -0.4 is 10.5 Å². The van der Waals surface area contributed by atoms with Crippen LogP contribution >= 0.6 is 0 Å². The first kappa shape index (κ1) is 11.4. The molecule has 90 valence electrons. The van der Waals surface area contributed by atoms with Gasteiger partial charge in [-0.05, 0) is 12.1 Å². The number of anilines is 2. The summed E-state index contributed by atoms with van der Waals surface area (Å²) in [6, 6.07) is 3.66. The number of aromatic nitrogens is 2. The topological polar surface area (TPSA) is 101 Å². The van der Waals surface area contributed by atoms with Crippen molar-refractivity contribution in [2.75, 3.05) is 10.5 Å². The zero-order valence-corrected chi connectivity index (χ0v) is 9.33. The molecule has 0 atom stereocenters. The van der Waals surface area contributed by atoms with Gasteiger partial charge in [-0.25, -0.2) is 12.8 Å². The molecule has 2 aromatic rings. The Hall–Kier alpha value is -2.09. The highest BCUT2D eigenvalue weighted by Gasteiger charge is 2.15. The number of benzene rings is 1. The van der Waals surface area contributed by atoms with Crippen molar-refractivity contribution in [3.05, 3.63) is 36.4 Å². The Morgan fingerprint density at radius 2 is 2.18 bits per heavy atom. The number of H-pyrrole nitrogens is 1. The maximum atomic E-state index is 13.1. The van der Waals surface area contributed by atoms with Crippen molar-refractivity contribution in [3.8, 4) is 0 Å². The average Bonchev–Trinajstić information content (AvgIpc) is 2.77. The second-order valence-electron chi connectivity index (χ2n) is 3.28. The van der Waals surface area contributed by atoms with Crippen LogP contribution in [-0.4, -0.2) is 18.6 Å². The lowest BCUT2D eigenvalue weighted by molar-refractivity contribution is 0.601. The van der Waals surface area contributed by atoms with Crippen LogP contribution in [0.4, 0.5) is 15.8 Å². The van der Waals surface area contributed by atoms with E-state index in [4.69, 9.17) is 5.73 Å². The van der Waals surface area contributed by atoms with E-state index in [2.05, 4.69) is 14.9 Å². The van der Waals surface area contributed by atoms with E-state index in [-0.39, 0.29) is 16.3 Å². The van der Waals surface area contributed by atoms with E-state index in [0.717, 1.165) is 12.3 Å². The number of nitrogens with one attached hydrogen (secondary N) is 2. The highest BCUT2D eigenvalue weighted by molar-refractivity contribution is 7.92. The Morgan fingerprint density at radius 1 is 1.41 bits per heavy atom. The summed E-state index contributed by atoms with van der Waals surface area (Å²) in [6.45, 7) is 0. The summed E-state index contributed by atoms with van der Waals surface area (Å²) >= 11 is 0. The van der Waals surface area contributed by atoms with Gasteiger partial charge in [0.15, 0.2) is 0 Å². The number of hydrogen-bond donors (Lipinski definition) is 3. The van der Waals surface area contributed by atoms with Gasteiger partial charge in [0.1, 0.15) is 10.7 Å². The highest BCUT2D eigenvalue weighted by Crippen LogP contribution is 2.19. The molecule has 0 spiro atoms. The third-order valence-electron chi connectivity index (χ3n) is 2.04. The quantitative estimate of drug-likeness (QED) is 0.711. The van der Waals surface area contributed by atoms with Gasteiger partial charge in [0.25, 0.3) is 10.0 Å². The number of nitrogens with zero attached hydrogens (tertiary/aromatic N) is 1. The van der Waals surface area contributed by atoms with Crippen LogP contribution in [-0.2, 0) is 10.0 Å². The van der Waals surface area contributed by atoms with Gasteiger partial charge < -0.3 is 5.73 Å². The standard InChI is InChI=1S/C9H9FN4O2S/c10-8-3-6(1-2-9(8)11)14-17(15,16)7-4-12-13-5-7/h1-5,14H,11H2,(H,12,13). The predicted molar refractivity (Wildman–Crippen MR) is 60.2 cm³/mol. The molecule has 0 amide bonds. The minimum atomic E-state index is -3.75. The lowest BCUT2D eigenvalue weighted by atomic mass is 10.3. The summed E-state index contributed by atoms with van der Waals surface area (Å²) in [7, 11) is -3.75. The van der Waals surface area contributed by atoms with Crippen molar-refractivity contribution in [3.63, 3.8) is 0 Å². The van der Waals surface area contributed by atoms with Crippen molar-refractivity contribution in [1.29, 1.82) is 0 Å². The molecular weight excluding hydrogens is 247 g/mol. The molecule has 0 aliphatic rings. The molecule has 4 N–H and O–H groups in total. The second kappa shape index (κ2) is 4.06. The number of hydrogen-bond acceptors (Lipinski definition) is 4. The van der Waals surface area contributed by atoms with Crippen molar-refractivity contribution in [2.45, 2.75) is 4.90 Å². The van der Waals surface area contributed by atoms with Gasteiger partial charge in [-0.1, -0.05) is 0 Å². The average molecular weight is 256 g/mol. The van der Waals surface area contributed by atoms with E-state index < -0.39 is 15.8 Å². The molecule has 0 saturated heterocycles. The number of sulfonamides is 1. The summed E-state index contributed by atoms with van der Waals surface area (Å²) in [5, 5.41) is 5.90. The lowest BCUT2D eigenvalue weighted by Gasteiger charge is -2.06. The number of nitrogen functional groups attached to an aromatic ring is 1. The number of rotatable bonds is 3. The summed E-state index contributed by atoms with van der Waals surface area (Å²) < 4.78 is 38.8. The van der Waals surface area contributed by atoms with E-state index in [0.29, 0.717) is 0 Å². The molecule has 0 aliphatic heterocycles. The van der Waals surface area contributed by atoms with Gasteiger partial charge in [-0.15, -0.1) is 0 Å². The van der Waals surface area contributed by atoms with Gasteiger partial charge in [0.05, 0.1) is 17.6 Å². The lowest BCUT2D eigenvalue weighted by Crippen LogP contribution is -2.12. The van der Waals surface area contributed by atoms with E-state index in [1.807, 2.05) is 0 Å². The Morgan fingerprint density at radius 3 is 2.76 bits per heavy atom. The highest BCUT2D eigenvalue weighted by atomic mass is 32.2. The molecular formula is C9H9FN4O2S. The molecule has 17 heavy (non-hydrogen) atoms. The van der Waals surface area contributed by atoms with Gasteiger partial charge in [-0.3, -0.25) is 9.82 Å². The molecule has 1 heterocycles. The summed E-state index contributed by atoms with van der Waals surface area (Å²) in [4.78, 5) is -0.0327. The largest absolute Gasteiger partial charge is 0.396 e. The smallest absolute Gasteiger partial charge is 0.265 e. The first-order valence-electron chi connectivity index (χ1n) is 4.56. The van der Waals surface area contributed by atoms with E-state index in [1.54, 1.807) is 0 Å². The summed E-state index contributed by atoms with van der Waals surface area (Å²) in [6.07, 6.45) is 2.37. The van der Waals surface area contributed by atoms with Crippen LogP contribution in [0.5, 0.6) is 0 Å². The molecule has 1 aromatic heterocycles. The maximum Gasteiger partial charge on any atom is 0.265 e. The van der Waals surface area contributed by atoms with Crippen LogP contribution in [0.2, 0.25) is 0 Å². The fraction of sp³-hybridized carbons (Fsp3) is 0. The number of nitrogens with two attached hydrogens (primary N) is 1. The van der Waals surface area contributed by atoms with Crippen molar-refractivity contribution in [1.82, 2.24) is 10.2 Å². The Labute approximate surface area is 96.7 Å². The molecule has 0 fully saturated rings.